The first-order valence-corrected chi connectivity index (χ1v) is 9.44. The maximum atomic E-state index is 11.9. The smallest absolute Gasteiger partial charge is 0.161 e. The molecular formula is C24H26O3. The van der Waals surface area contributed by atoms with E-state index in [1.165, 1.54) is 5.56 Å². The first-order valence-electron chi connectivity index (χ1n) is 9.44. The van der Waals surface area contributed by atoms with Gasteiger partial charge in [0.15, 0.2) is 11.5 Å². The Morgan fingerprint density at radius 3 is 2.26 bits per heavy atom. The van der Waals surface area contributed by atoms with Crippen LogP contribution in [-0.2, 0) is 11.2 Å². The summed E-state index contributed by atoms with van der Waals surface area (Å²) in [4.78, 5) is 11.9. The summed E-state index contributed by atoms with van der Waals surface area (Å²) < 4.78 is 10.6. The lowest BCUT2D eigenvalue weighted by Gasteiger charge is -2.10. The van der Waals surface area contributed by atoms with Gasteiger partial charge in [-0.2, -0.15) is 0 Å². The molecule has 0 amide bonds. The molecule has 0 N–H and O–H groups in total. The highest BCUT2D eigenvalue weighted by atomic mass is 16.5. The molecule has 1 atom stereocenters. The summed E-state index contributed by atoms with van der Waals surface area (Å²) in [6, 6.07) is 13.9. The van der Waals surface area contributed by atoms with Gasteiger partial charge in [0.25, 0.3) is 0 Å². The van der Waals surface area contributed by atoms with Crippen LogP contribution in [0.5, 0.6) is 11.5 Å². The third kappa shape index (κ3) is 5.37. The second-order valence-corrected chi connectivity index (χ2v) is 7.27. The number of carbonyl (C=O) groups is 1. The minimum absolute atomic E-state index is 0.363. The Balaban J connectivity index is 1.61. The van der Waals surface area contributed by atoms with Crippen LogP contribution in [0.4, 0.5) is 0 Å². The van der Waals surface area contributed by atoms with Crippen molar-refractivity contribution in [2.24, 2.45) is 11.8 Å². The zero-order valence-corrected chi connectivity index (χ0v) is 16.2. The topological polar surface area (TPSA) is 35.5 Å². The van der Waals surface area contributed by atoms with Gasteiger partial charge in [-0.05, 0) is 61.1 Å². The largest absolute Gasteiger partial charge is 0.493 e. The number of ketones is 1. The van der Waals surface area contributed by atoms with Crippen LogP contribution in [0, 0.1) is 23.7 Å². The van der Waals surface area contributed by atoms with E-state index in [0.717, 1.165) is 30.4 Å². The number of rotatable bonds is 7. The molecule has 0 saturated heterocycles. The van der Waals surface area contributed by atoms with E-state index in [0.29, 0.717) is 35.5 Å². The maximum absolute atomic E-state index is 11.9. The van der Waals surface area contributed by atoms with Gasteiger partial charge in [-0.3, -0.25) is 4.79 Å². The van der Waals surface area contributed by atoms with E-state index in [-0.39, 0.29) is 0 Å². The Kier molecular flexibility index (Phi) is 6.19. The number of hydrogen-bond donors (Lipinski definition) is 0. The number of benzene rings is 2. The SMILES string of the molecule is COc1ccc(C#Cc2ccc(CC(C)CC(=O)C3CC3)cc2)cc1OC. The Hall–Kier alpha value is -2.73. The summed E-state index contributed by atoms with van der Waals surface area (Å²) in [6.07, 6.45) is 3.82. The fourth-order valence-electron chi connectivity index (χ4n) is 3.17. The summed E-state index contributed by atoms with van der Waals surface area (Å²) >= 11 is 0. The lowest BCUT2D eigenvalue weighted by molar-refractivity contribution is -0.121. The van der Waals surface area contributed by atoms with Gasteiger partial charge in [0.1, 0.15) is 5.78 Å². The standard InChI is InChI=1S/C24H26O3/c1-17(15-22(25)21-11-12-21)14-19-7-4-18(5-8-19)6-9-20-10-13-23(26-2)24(16-20)27-3/h4-5,7-8,10,13,16-17,21H,11-12,14-15H2,1-3H3. The van der Waals surface area contributed by atoms with Crippen LogP contribution in [0.25, 0.3) is 0 Å². The monoisotopic (exact) mass is 362 g/mol. The molecule has 1 aliphatic carbocycles. The molecule has 3 rings (SSSR count). The molecule has 0 spiro atoms. The van der Waals surface area contributed by atoms with Crippen LogP contribution in [0.2, 0.25) is 0 Å². The third-order valence-electron chi connectivity index (χ3n) is 4.86. The molecular weight excluding hydrogens is 336 g/mol. The van der Waals surface area contributed by atoms with Crippen molar-refractivity contribution >= 4 is 5.78 Å². The van der Waals surface area contributed by atoms with E-state index in [1.54, 1.807) is 14.2 Å². The molecule has 2 aromatic rings. The van der Waals surface area contributed by atoms with E-state index in [2.05, 4.69) is 30.9 Å². The van der Waals surface area contributed by atoms with Crippen molar-refractivity contribution < 1.29 is 14.3 Å². The highest BCUT2D eigenvalue weighted by Gasteiger charge is 2.29. The van der Waals surface area contributed by atoms with Crippen molar-refractivity contribution in [1.82, 2.24) is 0 Å². The molecule has 1 unspecified atom stereocenters. The number of hydrogen-bond acceptors (Lipinski definition) is 3. The van der Waals surface area contributed by atoms with Gasteiger partial charge in [-0.15, -0.1) is 0 Å². The second kappa shape index (κ2) is 8.77. The van der Waals surface area contributed by atoms with Crippen molar-refractivity contribution in [3.8, 4) is 23.3 Å². The average molecular weight is 362 g/mol. The molecule has 0 radical (unpaired) electrons. The van der Waals surface area contributed by atoms with E-state index >= 15 is 0 Å². The van der Waals surface area contributed by atoms with Gasteiger partial charge in [0.05, 0.1) is 14.2 Å². The molecule has 1 fully saturated rings. The van der Waals surface area contributed by atoms with Crippen molar-refractivity contribution in [2.45, 2.75) is 32.6 Å². The molecule has 2 aromatic carbocycles. The number of methoxy groups -OCH3 is 2. The van der Waals surface area contributed by atoms with Crippen LogP contribution in [0.3, 0.4) is 0 Å². The zero-order chi connectivity index (χ0) is 19.2. The summed E-state index contributed by atoms with van der Waals surface area (Å²) in [5.41, 5.74) is 3.10. The quantitative estimate of drug-likeness (QED) is 0.673. The molecule has 0 bridgehead atoms. The van der Waals surface area contributed by atoms with Crippen molar-refractivity contribution in [1.29, 1.82) is 0 Å². The Morgan fingerprint density at radius 1 is 1.00 bits per heavy atom. The van der Waals surface area contributed by atoms with Gasteiger partial charge in [0, 0.05) is 23.5 Å². The third-order valence-corrected chi connectivity index (χ3v) is 4.86. The van der Waals surface area contributed by atoms with Gasteiger partial charge >= 0.3 is 0 Å². The molecule has 27 heavy (non-hydrogen) atoms. The highest BCUT2D eigenvalue weighted by Crippen LogP contribution is 2.32. The molecule has 140 valence electrons. The highest BCUT2D eigenvalue weighted by molar-refractivity contribution is 5.83. The summed E-state index contributed by atoms with van der Waals surface area (Å²) in [6.45, 7) is 2.16. The van der Waals surface area contributed by atoms with Crippen LogP contribution in [0.1, 0.15) is 42.9 Å². The average Bonchev–Trinajstić information content (AvgIpc) is 3.52. The predicted octanol–water partition coefficient (Wildman–Crippen LogP) is 4.65. The predicted molar refractivity (Wildman–Crippen MR) is 107 cm³/mol. The Bertz CT molecular complexity index is 851. The van der Waals surface area contributed by atoms with Gasteiger partial charge < -0.3 is 9.47 Å². The lowest BCUT2D eigenvalue weighted by Crippen LogP contribution is -2.09. The van der Waals surface area contributed by atoms with Crippen LogP contribution in [0.15, 0.2) is 42.5 Å². The minimum Gasteiger partial charge on any atom is -0.493 e. The molecule has 0 aromatic heterocycles. The minimum atomic E-state index is 0.363. The number of carbonyl (C=O) groups excluding carboxylic acids is 1. The normalized spacial score (nSPS) is 14.0. The molecule has 3 nitrogen and oxygen atoms in total. The van der Waals surface area contributed by atoms with Crippen molar-refractivity contribution in [3.05, 3.63) is 59.2 Å². The Morgan fingerprint density at radius 2 is 1.63 bits per heavy atom. The molecule has 1 aliphatic rings. The van der Waals surface area contributed by atoms with Gasteiger partial charge in [0.2, 0.25) is 0 Å². The second-order valence-electron chi connectivity index (χ2n) is 7.27. The Labute approximate surface area is 161 Å². The van der Waals surface area contributed by atoms with E-state index in [9.17, 15) is 4.79 Å². The molecule has 0 aliphatic heterocycles. The number of Topliss-reactive ketones (excluding diaryl/α,β-unsaturated/α-hetero) is 1. The lowest BCUT2D eigenvalue weighted by atomic mass is 9.94. The summed E-state index contributed by atoms with van der Waals surface area (Å²) in [5.74, 6) is 8.92. The zero-order valence-electron chi connectivity index (χ0n) is 16.2. The molecule has 0 heterocycles. The first-order chi connectivity index (χ1) is 13.1. The maximum Gasteiger partial charge on any atom is 0.161 e. The van der Waals surface area contributed by atoms with Crippen LogP contribution in [-0.4, -0.2) is 20.0 Å². The fraction of sp³-hybridized carbons (Fsp3) is 0.375. The summed E-state index contributed by atoms with van der Waals surface area (Å²) in [5, 5.41) is 0. The van der Waals surface area contributed by atoms with Crippen LogP contribution < -0.4 is 9.47 Å². The van der Waals surface area contributed by atoms with Crippen LogP contribution >= 0.6 is 0 Å². The molecule has 1 saturated carbocycles. The summed E-state index contributed by atoms with van der Waals surface area (Å²) in [7, 11) is 3.24. The van der Waals surface area contributed by atoms with E-state index in [1.807, 2.05) is 30.3 Å². The number of ether oxygens (including phenoxy) is 2. The molecule has 3 heteroatoms. The van der Waals surface area contributed by atoms with Gasteiger partial charge in [-0.1, -0.05) is 30.9 Å². The van der Waals surface area contributed by atoms with Crippen molar-refractivity contribution in [3.63, 3.8) is 0 Å². The van der Waals surface area contributed by atoms with E-state index < -0.39 is 0 Å². The van der Waals surface area contributed by atoms with E-state index in [4.69, 9.17) is 9.47 Å². The van der Waals surface area contributed by atoms with Crippen molar-refractivity contribution in [2.75, 3.05) is 14.2 Å². The van der Waals surface area contributed by atoms with Gasteiger partial charge in [-0.25, -0.2) is 0 Å². The first kappa shape index (κ1) is 19.0. The fourth-order valence-corrected chi connectivity index (χ4v) is 3.17.